The van der Waals surface area contributed by atoms with Crippen molar-refractivity contribution < 1.29 is 23.6 Å². The Morgan fingerprint density at radius 1 is 1.22 bits per heavy atom. The Morgan fingerprint density at radius 3 is 2.33 bits per heavy atom. The van der Waals surface area contributed by atoms with Crippen molar-refractivity contribution in [3.05, 3.63) is 41.6 Å². The quantitative estimate of drug-likeness (QED) is 0.800. The van der Waals surface area contributed by atoms with E-state index in [1.54, 1.807) is 0 Å². The lowest BCUT2D eigenvalue weighted by Gasteiger charge is -2.32. The molecule has 1 aromatic rings. The molecule has 3 rings (SSSR count). The van der Waals surface area contributed by atoms with E-state index in [2.05, 4.69) is 0 Å². The zero-order valence-corrected chi connectivity index (χ0v) is 16.4. The molecule has 1 N–H and O–H groups in total. The van der Waals surface area contributed by atoms with Crippen LogP contribution in [0.15, 0.2) is 36.1 Å². The number of rotatable bonds is 5. The molecule has 0 aliphatic carbocycles. The summed E-state index contributed by atoms with van der Waals surface area (Å²) in [5.74, 6) is -1.20. The SMILES string of the molecule is CC1(C)OB(C(F)=C(CN2CCC(C(=O)O)C2)c2ccccc2)OC1(C)C. The predicted molar refractivity (Wildman–Crippen MR) is 103 cm³/mol. The van der Waals surface area contributed by atoms with Crippen LogP contribution in [-0.2, 0) is 14.1 Å². The second-order valence-corrected chi connectivity index (χ2v) is 8.34. The van der Waals surface area contributed by atoms with Gasteiger partial charge >= 0.3 is 13.1 Å². The standard InChI is InChI=1S/C20H27BFNO4/c1-19(2)20(3,4)27-21(26-19)17(22)16(14-8-6-5-7-9-14)13-23-11-10-15(12-23)18(24)25/h5-9,15H,10-13H2,1-4H3,(H,24,25). The molecule has 5 nitrogen and oxygen atoms in total. The number of benzene rings is 1. The summed E-state index contributed by atoms with van der Waals surface area (Å²) in [6.07, 6.45) is 0.579. The number of hydrogen-bond donors (Lipinski definition) is 1. The molecule has 1 unspecified atom stereocenters. The molecule has 27 heavy (non-hydrogen) atoms. The lowest BCUT2D eigenvalue weighted by Crippen LogP contribution is -2.41. The minimum absolute atomic E-state index is 0.323. The molecule has 2 fully saturated rings. The number of likely N-dealkylation sites (tertiary alicyclic amines) is 1. The van der Waals surface area contributed by atoms with Gasteiger partial charge in [0.15, 0.2) is 0 Å². The molecular formula is C20H27BFNO4. The van der Waals surface area contributed by atoms with E-state index in [9.17, 15) is 9.90 Å². The van der Waals surface area contributed by atoms with Crippen molar-refractivity contribution in [1.82, 2.24) is 4.90 Å². The van der Waals surface area contributed by atoms with Crippen LogP contribution < -0.4 is 0 Å². The smallest absolute Gasteiger partial charge is 0.481 e. The average Bonchev–Trinajstić information content (AvgIpc) is 3.15. The Balaban J connectivity index is 1.89. The maximum Gasteiger partial charge on any atom is 0.525 e. The van der Waals surface area contributed by atoms with Crippen molar-refractivity contribution in [1.29, 1.82) is 0 Å². The van der Waals surface area contributed by atoms with Crippen LogP contribution in [0, 0.1) is 5.92 Å². The van der Waals surface area contributed by atoms with Gasteiger partial charge in [-0.2, -0.15) is 0 Å². The monoisotopic (exact) mass is 375 g/mol. The molecule has 0 radical (unpaired) electrons. The first-order valence-electron chi connectivity index (χ1n) is 9.35. The van der Waals surface area contributed by atoms with Crippen LogP contribution >= 0.6 is 0 Å². The van der Waals surface area contributed by atoms with Gasteiger partial charge in [0.25, 0.3) is 0 Å². The third-order valence-corrected chi connectivity index (χ3v) is 5.87. The highest BCUT2D eigenvalue weighted by Crippen LogP contribution is 2.40. The van der Waals surface area contributed by atoms with Gasteiger partial charge in [-0.3, -0.25) is 9.69 Å². The Hall–Kier alpha value is -1.70. The van der Waals surface area contributed by atoms with E-state index in [0.29, 0.717) is 31.6 Å². The highest BCUT2D eigenvalue weighted by Gasteiger charge is 2.53. The van der Waals surface area contributed by atoms with Gasteiger partial charge in [0.05, 0.1) is 17.1 Å². The number of aliphatic carboxylic acids is 1. The molecule has 1 aromatic carbocycles. The molecule has 0 aromatic heterocycles. The van der Waals surface area contributed by atoms with Gasteiger partial charge in [0.1, 0.15) is 5.73 Å². The molecule has 7 heteroatoms. The Kier molecular flexibility index (Phi) is 5.48. The molecule has 0 amide bonds. The Morgan fingerprint density at radius 2 is 1.81 bits per heavy atom. The van der Waals surface area contributed by atoms with Gasteiger partial charge in [-0.1, -0.05) is 30.3 Å². The Bertz CT molecular complexity index is 719. The number of carbonyl (C=O) groups is 1. The molecule has 2 saturated heterocycles. The summed E-state index contributed by atoms with van der Waals surface area (Å²) in [6.45, 7) is 8.93. The van der Waals surface area contributed by atoms with E-state index in [-0.39, 0.29) is 0 Å². The third kappa shape index (κ3) is 4.10. The molecule has 1 atom stereocenters. The van der Waals surface area contributed by atoms with Crippen molar-refractivity contribution in [2.45, 2.75) is 45.3 Å². The molecule has 2 aliphatic heterocycles. The summed E-state index contributed by atoms with van der Waals surface area (Å²) in [6, 6.07) is 9.30. The van der Waals surface area contributed by atoms with E-state index in [4.69, 9.17) is 9.31 Å². The maximum absolute atomic E-state index is 15.5. The third-order valence-electron chi connectivity index (χ3n) is 5.87. The fourth-order valence-electron chi connectivity index (χ4n) is 3.43. The largest absolute Gasteiger partial charge is 0.525 e. The van der Waals surface area contributed by atoms with Crippen LogP contribution in [0.1, 0.15) is 39.7 Å². The predicted octanol–water partition coefficient (Wildman–Crippen LogP) is 3.41. The van der Waals surface area contributed by atoms with Gasteiger partial charge in [-0.05, 0) is 46.2 Å². The molecule has 0 spiro atoms. The minimum atomic E-state index is -1.07. The minimum Gasteiger partial charge on any atom is -0.481 e. The molecule has 2 heterocycles. The van der Waals surface area contributed by atoms with Gasteiger partial charge in [-0.15, -0.1) is 0 Å². The van der Waals surface area contributed by atoms with Gasteiger partial charge in [0, 0.05) is 18.7 Å². The highest BCUT2D eigenvalue weighted by molar-refractivity contribution is 6.55. The lowest BCUT2D eigenvalue weighted by atomic mass is 9.82. The van der Waals surface area contributed by atoms with Crippen LogP contribution in [0.25, 0.3) is 5.57 Å². The summed E-state index contributed by atoms with van der Waals surface area (Å²) in [5, 5.41) is 9.23. The number of carboxylic acids is 1. The lowest BCUT2D eigenvalue weighted by molar-refractivity contribution is -0.141. The summed E-state index contributed by atoms with van der Waals surface area (Å²) < 4.78 is 27.3. The molecular weight excluding hydrogens is 348 g/mol. The van der Waals surface area contributed by atoms with Crippen LogP contribution in [0.5, 0.6) is 0 Å². The van der Waals surface area contributed by atoms with E-state index < -0.39 is 35.9 Å². The van der Waals surface area contributed by atoms with Crippen molar-refractivity contribution in [3.8, 4) is 0 Å². The van der Waals surface area contributed by atoms with Crippen LogP contribution in [0.3, 0.4) is 0 Å². The van der Waals surface area contributed by atoms with Gasteiger partial charge in [-0.25, -0.2) is 4.39 Å². The second kappa shape index (κ2) is 7.38. The summed E-state index contributed by atoms with van der Waals surface area (Å²) in [5.41, 5.74) is -0.459. The first-order valence-corrected chi connectivity index (χ1v) is 9.35. The van der Waals surface area contributed by atoms with Crippen LogP contribution in [-0.4, -0.2) is 53.9 Å². The zero-order valence-electron chi connectivity index (χ0n) is 16.4. The normalized spacial score (nSPS) is 25.5. The van der Waals surface area contributed by atoms with Crippen molar-refractivity contribution in [2.75, 3.05) is 19.6 Å². The summed E-state index contributed by atoms with van der Waals surface area (Å²) in [4.78, 5) is 13.2. The average molecular weight is 375 g/mol. The van der Waals surface area contributed by atoms with E-state index in [0.717, 1.165) is 5.56 Å². The van der Waals surface area contributed by atoms with Crippen LogP contribution in [0.4, 0.5) is 4.39 Å². The van der Waals surface area contributed by atoms with Crippen molar-refractivity contribution in [2.24, 2.45) is 5.92 Å². The van der Waals surface area contributed by atoms with Crippen molar-refractivity contribution in [3.63, 3.8) is 0 Å². The molecule has 2 aliphatic rings. The number of carboxylic acid groups (broad SMARTS) is 1. The maximum atomic E-state index is 15.5. The van der Waals surface area contributed by atoms with Crippen molar-refractivity contribution >= 4 is 18.7 Å². The molecule has 0 bridgehead atoms. The molecule has 146 valence electrons. The van der Waals surface area contributed by atoms with Gasteiger partial charge in [0.2, 0.25) is 0 Å². The first-order chi connectivity index (χ1) is 12.6. The summed E-state index contributed by atoms with van der Waals surface area (Å²) in [7, 11) is -1.07. The highest BCUT2D eigenvalue weighted by atomic mass is 19.1. The zero-order chi connectivity index (χ0) is 19.8. The fourth-order valence-corrected chi connectivity index (χ4v) is 3.43. The summed E-state index contributed by atoms with van der Waals surface area (Å²) >= 11 is 0. The Labute approximate surface area is 160 Å². The topological polar surface area (TPSA) is 59.0 Å². The number of halogens is 1. The first kappa shape index (κ1) is 20.0. The van der Waals surface area contributed by atoms with E-state index in [1.165, 1.54) is 0 Å². The van der Waals surface area contributed by atoms with E-state index in [1.807, 2.05) is 62.9 Å². The van der Waals surface area contributed by atoms with Gasteiger partial charge < -0.3 is 14.4 Å². The molecule has 0 saturated carbocycles. The van der Waals surface area contributed by atoms with E-state index >= 15 is 4.39 Å². The number of nitrogens with zero attached hydrogens (tertiary/aromatic N) is 1. The number of hydrogen-bond acceptors (Lipinski definition) is 4. The second-order valence-electron chi connectivity index (χ2n) is 8.34. The fraction of sp³-hybridized carbons (Fsp3) is 0.550. The van der Waals surface area contributed by atoms with Crippen LogP contribution in [0.2, 0.25) is 0 Å².